The Kier molecular flexibility index (Phi) is 4.05. The molecule has 0 radical (unpaired) electrons. The molecule has 116 valence electrons. The smallest absolute Gasteiger partial charge is 0.341 e. The number of hydrogen-bond acceptors (Lipinski definition) is 5. The topological polar surface area (TPSA) is 85.5 Å². The van der Waals surface area contributed by atoms with Crippen LogP contribution in [0.2, 0.25) is 0 Å². The average Bonchev–Trinajstić information content (AvgIpc) is 2.94. The molecule has 0 aliphatic heterocycles. The van der Waals surface area contributed by atoms with Crippen LogP contribution in [0.3, 0.4) is 0 Å². The molecule has 0 bridgehead atoms. The lowest BCUT2D eigenvalue weighted by Crippen LogP contribution is -2.05. The van der Waals surface area contributed by atoms with Gasteiger partial charge in [0.1, 0.15) is 23.6 Å². The molecule has 2 heterocycles. The lowest BCUT2D eigenvalue weighted by Gasteiger charge is -2.08. The van der Waals surface area contributed by atoms with E-state index >= 15 is 0 Å². The van der Waals surface area contributed by atoms with E-state index in [4.69, 9.17) is 14.4 Å². The molecule has 0 aliphatic rings. The predicted octanol–water partition coefficient (Wildman–Crippen LogP) is 3.32. The Morgan fingerprint density at radius 2 is 2.00 bits per heavy atom. The molecule has 0 saturated heterocycles. The van der Waals surface area contributed by atoms with Crippen LogP contribution in [0, 0.1) is 6.92 Å². The zero-order chi connectivity index (χ0) is 16.2. The van der Waals surface area contributed by atoms with E-state index in [2.05, 4.69) is 10.1 Å². The van der Waals surface area contributed by atoms with Gasteiger partial charge in [0.2, 0.25) is 5.88 Å². The van der Waals surface area contributed by atoms with E-state index in [1.165, 1.54) is 12.3 Å². The number of pyridine rings is 1. The Balaban J connectivity index is 1.88. The van der Waals surface area contributed by atoms with Gasteiger partial charge in [-0.2, -0.15) is 0 Å². The summed E-state index contributed by atoms with van der Waals surface area (Å²) in [6.45, 7) is 1.91. The molecule has 3 rings (SSSR count). The number of benzene rings is 1. The minimum absolute atomic E-state index is 0.0165. The molecule has 0 spiro atoms. The van der Waals surface area contributed by atoms with E-state index in [9.17, 15) is 4.79 Å². The van der Waals surface area contributed by atoms with Crippen molar-refractivity contribution >= 4 is 5.97 Å². The predicted molar refractivity (Wildman–Crippen MR) is 82.2 cm³/mol. The Labute approximate surface area is 132 Å². The van der Waals surface area contributed by atoms with E-state index in [-0.39, 0.29) is 18.1 Å². The zero-order valence-corrected chi connectivity index (χ0v) is 12.4. The molecule has 0 amide bonds. The first-order chi connectivity index (χ1) is 11.2. The van der Waals surface area contributed by atoms with Gasteiger partial charge < -0.3 is 14.4 Å². The van der Waals surface area contributed by atoms with Crippen LogP contribution in [-0.4, -0.2) is 21.2 Å². The molecule has 6 heteroatoms. The number of aromatic carboxylic acids is 1. The fourth-order valence-corrected chi connectivity index (χ4v) is 2.19. The van der Waals surface area contributed by atoms with Crippen LogP contribution in [-0.2, 0) is 6.61 Å². The van der Waals surface area contributed by atoms with Gasteiger partial charge in [0, 0.05) is 11.8 Å². The molecule has 0 saturated carbocycles. The van der Waals surface area contributed by atoms with Crippen molar-refractivity contribution in [1.29, 1.82) is 0 Å². The van der Waals surface area contributed by atoms with Gasteiger partial charge in [-0.3, -0.25) is 0 Å². The average molecular weight is 310 g/mol. The van der Waals surface area contributed by atoms with Crippen LogP contribution < -0.4 is 4.74 Å². The van der Waals surface area contributed by atoms with Crippen LogP contribution in [0.5, 0.6) is 5.88 Å². The summed E-state index contributed by atoms with van der Waals surface area (Å²) in [5.74, 6) is -0.394. The first-order valence-corrected chi connectivity index (χ1v) is 6.98. The number of carboxylic acid groups (broad SMARTS) is 1. The highest BCUT2D eigenvalue weighted by atomic mass is 16.5. The van der Waals surface area contributed by atoms with Crippen molar-refractivity contribution in [3.8, 4) is 17.1 Å². The highest BCUT2D eigenvalue weighted by Crippen LogP contribution is 2.26. The summed E-state index contributed by atoms with van der Waals surface area (Å²) in [4.78, 5) is 15.2. The highest BCUT2D eigenvalue weighted by molar-refractivity contribution is 5.90. The number of nitrogens with zero attached hydrogens (tertiary/aromatic N) is 2. The third-order valence-corrected chi connectivity index (χ3v) is 3.39. The van der Waals surface area contributed by atoms with Gasteiger partial charge in [-0.15, -0.1) is 0 Å². The summed E-state index contributed by atoms with van der Waals surface area (Å²) < 4.78 is 10.8. The molecule has 6 nitrogen and oxygen atoms in total. The van der Waals surface area contributed by atoms with Crippen molar-refractivity contribution < 1.29 is 19.2 Å². The van der Waals surface area contributed by atoms with Crippen molar-refractivity contribution in [2.45, 2.75) is 13.5 Å². The molecule has 0 unspecified atom stereocenters. The van der Waals surface area contributed by atoms with Gasteiger partial charge in [0.05, 0.1) is 5.56 Å². The van der Waals surface area contributed by atoms with Crippen LogP contribution in [0.15, 0.2) is 53.2 Å². The molecule has 1 N–H and O–H groups in total. The molecular formula is C17H14N2O4. The quantitative estimate of drug-likeness (QED) is 0.778. The normalized spacial score (nSPS) is 10.5. The van der Waals surface area contributed by atoms with Crippen molar-refractivity contribution in [3.63, 3.8) is 0 Å². The van der Waals surface area contributed by atoms with Gasteiger partial charge in [0.15, 0.2) is 0 Å². The molecule has 2 aromatic heterocycles. The third kappa shape index (κ3) is 3.06. The largest absolute Gasteiger partial charge is 0.477 e. The monoisotopic (exact) mass is 310 g/mol. The second-order valence-corrected chi connectivity index (χ2v) is 4.88. The zero-order valence-electron chi connectivity index (χ0n) is 12.4. The number of carboxylic acids is 1. The van der Waals surface area contributed by atoms with Gasteiger partial charge in [-0.1, -0.05) is 35.5 Å². The van der Waals surface area contributed by atoms with Crippen molar-refractivity contribution in [3.05, 3.63) is 65.5 Å². The van der Waals surface area contributed by atoms with E-state index in [1.807, 2.05) is 30.3 Å². The lowest BCUT2D eigenvalue weighted by molar-refractivity contribution is 0.0690. The van der Waals surface area contributed by atoms with Gasteiger partial charge >= 0.3 is 5.97 Å². The Hall–Kier alpha value is -3.15. The van der Waals surface area contributed by atoms with Crippen LogP contribution in [0.25, 0.3) is 11.3 Å². The fourth-order valence-electron chi connectivity index (χ4n) is 2.19. The standard InChI is InChI=1S/C17H14N2O4/c1-11-14(15(19-23-11)12-6-3-2-4-7-12)10-22-16-13(17(20)21)8-5-9-18-16/h2-9H,10H2,1H3,(H,20,21). The lowest BCUT2D eigenvalue weighted by atomic mass is 10.1. The van der Waals surface area contributed by atoms with Crippen LogP contribution in [0.1, 0.15) is 21.7 Å². The molecule has 1 aromatic carbocycles. The molecule has 23 heavy (non-hydrogen) atoms. The summed E-state index contributed by atoms with van der Waals surface area (Å²) in [5.41, 5.74) is 2.36. The fraction of sp³-hybridized carbons (Fsp3) is 0.118. The second kappa shape index (κ2) is 6.31. The number of carbonyl (C=O) groups is 1. The summed E-state index contributed by atoms with van der Waals surface area (Å²) in [7, 11) is 0. The highest BCUT2D eigenvalue weighted by Gasteiger charge is 2.17. The van der Waals surface area contributed by atoms with Crippen molar-refractivity contribution in [2.75, 3.05) is 0 Å². The molecule has 0 atom stereocenters. The van der Waals surface area contributed by atoms with E-state index in [1.54, 1.807) is 13.0 Å². The first-order valence-electron chi connectivity index (χ1n) is 6.98. The Bertz CT molecular complexity index is 828. The third-order valence-electron chi connectivity index (χ3n) is 3.39. The minimum atomic E-state index is -1.08. The Morgan fingerprint density at radius 3 is 2.74 bits per heavy atom. The number of aryl methyl sites for hydroxylation is 1. The van der Waals surface area contributed by atoms with Gasteiger partial charge in [-0.25, -0.2) is 9.78 Å². The number of ether oxygens (including phenoxy) is 1. The van der Waals surface area contributed by atoms with Gasteiger partial charge in [0.25, 0.3) is 0 Å². The summed E-state index contributed by atoms with van der Waals surface area (Å²) in [6, 6.07) is 12.6. The summed E-state index contributed by atoms with van der Waals surface area (Å²) >= 11 is 0. The number of hydrogen-bond donors (Lipinski definition) is 1. The summed E-state index contributed by atoms with van der Waals surface area (Å²) in [5, 5.41) is 13.2. The first kappa shape index (κ1) is 14.8. The van der Waals surface area contributed by atoms with Crippen molar-refractivity contribution in [2.24, 2.45) is 0 Å². The maximum Gasteiger partial charge on any atom is 0.341 e. The molecular weight excluding hydrogens is 296 g/mol. The second-order valence-electron chi connectivity index (χ2n) is 4.88. The maximum absolute atomic E-state index is 11.2. The van der Waals surface area contributed by atoms with E-state index in [0.29, 0.717) is 11.5 Å². The number of rotatable bonds is 5. The van der Waals surface area contributed by atoms with Crippen LogP contribution >= 0.6 is 0 Å². The molecule has 0 aliphatic carbocycles. The SMILES string of the molecule is Cc1onc(-c2ccccc2)c1COc1ncccc1C(=O)O. The van der Waals surface area contributed by atoms with Crippen molar-refractivity contribution in [1.82, 2.24) is 10.1 Å². The van der Waals surface area contributed by atoms with E-state index in [0.717, 1.165) is 11.1 Å². The summed E-state index contributed by atoms with van der Waals surface area (Å²) in [6.07, 6.45) is 1.49. The molecule has 3 aromatic rings. The van der Waals surface area contributed by atoms with Crippen LogP contribution in [0.4, 0.5) is 0 Å². The minimum Gasteiger partial charge on any atom is -0.477 e. The Morgan fingerprint density at radius 1 is 1.22 bits per heavy atom. The van der Waals surface area contributed by atoms with Gasteiger partial charge in [-0.05, 0) is 19.1 Å². The molecule has 0 fully saturated rings. The maximum atomic E-state index is 11.2. The van der Waals surface area contributed by atoms with E-state index < -0.39 is 5.97 Å². The number of aromatic nitrogens is 2.